The summed E-state index contributed by atoms with van der Waals surface area (Å²) in [4.78, 5) is 2.38. The van der Waals surface area contributed by atoms with E-state index in [2.05, 4.69) is 185 Å². The van der Waals surface area contributed by atoms with E-state index in [1.165, 1.54) is 82.5 Å². The highest BCUT2D eigenvalue weighted by atomic mass is 15.1. The fourth-order valence-corrected chi connectivity index (χ4v) is 9.18. The van der Waals surface area contributed by atoms with Crippen molar-refractivity contribution in [3.8, 4) is 22.3 Å². The molecule has 8 aromatic carbocycles. The highest BCUT2D eigenvalue weighted by Gasteiger charge is 2.40. The molecule has 2 aliphatic carbocycles. The third kappa shape index (κ3) is 4.41. The van der Waals surface area contributed by atoms with Gasteiger partial charge in [-0.15, -0.1) is 0 Å². The molecule has 0 amide bonds. The Kier molecular flexibility index (Phi) is 6.89. The van der Waals surface area contributed by atoms with Crippen LogP contribution in [-0.2, 0) is 10.8 Å². The van der Waals surface area contributed by atoms with Crippen molar-refractivity contribution >= 4 is 49.4 Å². The largest absolute Gasteiger partial charge is 0.310 e. The second-order valence-corrected chi connectivity index (χ2v) is 15.0. The van der Waals surface area contributed by atoms with E-state index in [0.717, 1.165) is 11.4 Å². The van der Waals surface area contributed by atoms with E-state index in [1.807, 2.05) is 0 Å². The minimum atomic E-state index is -0.170. The Labute approximate surface area is 301 Å². The lowest BCUT2D eigenvalue weighted by molar-refractivity contribution is 0.645. The Morgan fingerprint density at radius 3 is 1.73 bits per heavy atom. The average molecular weight is 656 g/mol. The second-order valence-electron chi connectivity index (χ2n) is 15.0. The molecular formula is C50H41N. The number of allylic oxidation sites excluding steroid dienone is 2. The first-order valence-corrected chi connectivity index (χ1v) is 17.9. The van der Waals surface area contributed by atoms with Crippen molar-refractivity contribution in [1.82, 2.24) is 0 Å². The molecule has 2 aliphatic rings. The molecule has 0 saturated heterocycles. The monoisotopic (exact) mass is 655 g/mol. The summed E-state index contributed by atoms with van der Waals surface area (Å²) in [5, 5.41) is 8.31. The van der Waals surface area contributed by atoms with Crippen molar-refractivity contribution in [3.05, 3.63) is 187 Å². The molecule has 0 N–H and O–H groups in total. The molecule has 0 spiro atoms. The molecule has 0 unspecified atom stereocenters. The standard InChI is InChI=1S/C46H35N.C4H6/c1-45(2)38-18-12-11-17-33(38)36-25-29-26-37-34-23-21-32(47(30-13-7-5-8-14-30)31-15-9-6-10-16-31)27-40(34)46(3,4)44(37)35-22-19-28-20-24-39(45)43(36)42(28)41(29)35;1-3-4-2/h5-27H,1-4H3;3-4H,1-2H2. The summed E-state index contributed by atoms with van der Waals surface area (Å²) in [5.41, 5.74) is 14.4. The maximum absolute atomic E-state index is 3.36. The Balaban J connectivity index is 0.000000830. The van der Waals surface area contributed by atoms with Gasteiger partial charge in [-0.1, -0.05) is 144 Å². The van der Waals surface area contributed by atoms with E-state index in [0.29, 0.717) is 0 Å². The summed E-state index contributed by atoms with van der Waals surface area (Å²) in [5.74, 6) is 0. The molecule has 0 aliphatic heterocycles. The SMILES string of the molecule is C=CC=C.CC1(C)c2cc(N(c3ccccc3)c3ccccc3)ccc2-c2cc3cc4c5c(ccc6ccc(c21)c3c65)C(C)(C)c1ccccc1-4. The number of hydrogen-bond acceptors (Lipinski definition) is 1. The number of fused-ring (bicyclic) bond motifs is 6. The summed E-state index contributed by atoms with van der Waals surface area (Å²) < 4.78 is 0. The number of benzene rings is 8. The molecule has 0 radical (unpaired) electrons. The van der Waals surface area contributed by atoms with Gasteiger partial charge in [-0.25, -0.2) is 0 Å². The topological polar surface area (TPSA) is 3.24 Å². The highest BCUT2D eigenvalue weighted by Crippen LogP contribution is 2.57. The zero-order chi connectivity index (χ0) is 35.1. The fourth-order valence-electron chi connectivity index (χ4n) is 9.18. The van der Waals surface area contributed by atoms with Crippen LogP contribution in [0.3, 0.4) is 0 Å². The highest BCUT2D eigenvalue weighted by molar-refractivity contribution is 6.29. The van der Waals surface area contributed by atoms with E-state index < -0.39 is 0 Å². The molecule has 246 valence electrons. The van der Waals surface area contributed by atoms with Crippen molar-refractivity contribution in [2.24, 2.45) is 0 Å². The predicted octanol–water partition coefficient (Wildman–Crippen LogP) is 14.0. The normalized spacial score (nSPS) is 14.4. The van der Waals surface area contributed by atoms with Crippen LogP contribution >= 0.6 is 0 Å². The predicted molar refractivity (Wildman–Crippen MR) is 220 cm³/mol. The zero-order valence-electron chi connectivity index (χ0n) is 29.8. The Morgan fingerprint density at radius 2 is 1.04 bits per heavy atom. The zero-order valence-corrected chi connectivity index (χ0v) is 29.8. The molecule has 51 heavy (non-hydrogen) atoms. The van der Waals surface area contributed by atoms with Gasteiger partial charge in [-0.05, 0) is 125 Å². The Morgan fingerprint density at radius 1 is 0.431 bits per heavy atom. The number of para-hydroxylation sites is 2. The number of hydrogen-bond donors (Lipinski definition) is 0. The number of rotatable bonds is 4. The van der Waals surface area contributed by atoms with Crippen LogP contribution in [0.15, 0.2) is 165 Å². The molecule has 1 heteroatoms. The minimum Gasteiger partial charge on any atom is -0.310 e. The van der Waals surface area contributed by atoms with Crippen LogP contribution in [0.4, 0.5) is 17.1 Å². The van der Waals surface area contributed by atoms with Gasteiger partial charge in [0.2, 0.25) is 0 Å². The molecule has 8 aromatic rings. The molecule has 0 atom stereocenters. The van der Waals surface area contributed by atoms with E-state index in [4.69, 9.17) is 0 Å². The summed E-state index contributed by atoms with van der Waals surface area (Å²) in [6.07, 6.45) is 3.28. The van der Waals surface area contributed by atoms with Gasteiger partial charge in [-0.2, -0.15) is 0 Å². The van der Waals surface area contributed by atoms with Crippen molar-refractivity contribution in [1.29, 1.82) is 0 Å². The van der Waals surface area contributed by atoms with Gasteiger partial charge in [0.15, 0.2) is 0 Å². The first-order chi connectivity index (χ1) is 24.8. The van der Waals surface area contributed by atoms with E-state index in [9.17, 15) is 0 Å². The van der Waals surface area contributed by atoms with Crippen molar-refractivity contribution in [3.63, 3.8) is 0 Å². The van der Waals surface area contributed by atoms with Gasteiger partial charge in [-0.3, -0.25) is 0 Å². The average Bonchev–Trinajstić information content (AvgIpc) is 3.39. The number of anilines is 3. The summed E-state index contributed by atoms with van der Waals surface area (Å²) in [6, 6.07) is 52.1. The summed E-state index contributed by atoms with van der Waals surface area (Å²) in [6.45, 7) is 16.4. The first-order valence-electron chi connectivity index (χ1n) is 17.9. The Bertz CT molecular complexity index is 2610. The molecule has 1 nitrogen and oxygen atoms in total. The van der Waals surface area contributed by atoms with Crippen LogP contribution in [0, 0.1) is 0 Å². The lowest BCUT2D eigenvalue weighted by atomic mass is 9.67. The van der Waals surface area contributed by atoms with Crippen LogP contribution in [0.25, 0.3) is 54.6 Å². The number of nitrogens with zero attached hydrogens (tertiary/aromatic N) is 1. The van der Waals surface area contributed by atoms with Crippen LogP contribution < -0.4 is 4.90 Å². The maximum Gasteiger partial charge on any atom is 0.0465 e. The van der Waals surface area contributed by atoms with E-state index in [-0.39, 0.29) is 10.8 Å². The van der Waals surface area contributed by atoms with Crippen LogP contribution in [0.1, 0.15) is 49.9 Å². The second kappa shape index (κ2) is 11.3. The molecule has 0 saturated carbocycles. The van der Waals surface area contributed by atoms with E-state index >= 15 is 0 Å². The van der Waals surface area contributed by atoms with Gasteiger partial charge in [0.25, 0.3) is 0 Å². The van der Waals surface area contributed by atoms with Gasteiger partial charge in [0.05, 0.1) is 0 Å². The molecule has 0 fully saturated rings. The van der Waals surface area contributed by atoms with Gasteiger partial charge >= 0.3 is 0 Å². The van der Waals surface area contributed by atoms with Gasteiger partial charge in [0, 0.05) is 27.9 Å². The molecule has 10 rings (SSSR count). The summed E-state index contributed by atoms with van der Waals surface area (Å²) in [7, 11) is 0. The minimum absolute atomic E-state index is 0.0663. The van der Waals surface area contributed by atoms with Crippen LogP contribution in [-0.4, -0.2) is 0 Å². The molecule has 0 aromatic heterocycles. The third-order valence-corrected chi connectivity index (χ3v) is 11.5. The lowest BCUT2D eigenvalue weighted by Gasteiger charge is -2.36. The third-order valence-electron chi connectivity index (χ3n) is 11.5. The first kappa shape index (κ1) is 31.1. The quantitative estimate of drug-likeness (QED) is 0.135. The van der Waals surface area contributed by atoms with Crippen molar-refractivity contribution < 1.29 is 0 Å². The lowest BCUT2D eigenvalue weighted by Crippen LogP contribution is -2.23. The van der Waals surface area contributed by atoms with Gasteiger partial charge < -0.3 is 4.90 Å². The summed E-state index contributed by atoms with van der Waals surface area (Å²) >= 11 is 0. The van der Waals surface area contributed by atoms with Gasteiger partial charge in [0.1, 0.15) is 0 Å². The smallest absolute Gasteiger partial charge is 0.0465 e. The molecular weight excluding hydrogens is 615 g/mol. The van der Waals surface area contributed by atoms with Crippen LogP contribution in [0.5, 0.6) is 0 Å². The van der Waals surface area contributed by atoms with Crippen molar-refractivity contribution in [2.45, 2.75) is 38.5 Å². The maximum atomic E-state index is 3.36. The van der Waals surface area contributed by atoms with Crippen molar-refractivity contribution in [2.75, 3.05) is 4.90 Å². The Hall–Kier alpha value is -5.92. The van der Waals surface area contributed by atoms with E-state index in [1.54, 1.807) is 12.2 Å². The van der Waals surface area contributed by atoms with Crippen LogP contribution in [0.2, 0.25) is 0 Å². The molecule has 0 heterocycles. The molecule has 0 bridgehead atoms. The fraction of sp³-hybridized carbons (Fsp3) is 0.120.